The smallest absolute Gasteiger partial charge is 0.332 e. The number of nitrogens with one attached hydrogen (secondary N) is 1. The minimum atomic E-state index is -0.887. The van der Waals surface area contributed by atoms with Crippen molar-refractivity contribution in [3.63, 3.8) is 0 Å². The van der Waals surface area contributed by atoms with Gasteiger partial charge in [-0.05, 0) is 30.8 Å². The van der Waals surface area contributed by atoms with Gasteiger partial charge in [0, 0.05) is 14.1 Å². The Labute approximate surface area is 153 Å². The summed E-state index contributed by atoms with van der Waals surface area (Å²) in [7, 11) is 2.96. The molecule has 8 nitrogen and oxygen atoms in total. The van der Waals surface area contributed by atoms with Crippen LogP contribution in [0.4, 0.5) is 0 Å². The molecule has 3 aromatic rings. The number of rotatable bonds is 5. The summed E-state index contributed by atoms with van der Waals surface area (Å²) in [6.45, 7) is 2.03. The van der Waals surface area contributed by atoms with Crippen LogP contribution in [0.15, 0.2) is 33.9 Å². The third kappa shape index (κ3) is 3.11. The zero-order valence-corrected chi connectivity index (χ0v) is 15.5. The monoisotopic (exact) mass is 376 g/mol. The molecule has 0 aliphatic rings. The van der Waals surface area contributed by atoms with Crippen molar-refractivity contribution in [1.29, 1.82) is 0 Å². The second-order valence-electron chi connectivity index (χ2n) is 6.17. The number of hydrogen-bond donors (Lipinski definition) is 2. The SMILES string of the molecule is Cc1ccccc1OCC(O)Cn1c(=S)[nH]c2c1c(=O)n(C)c(=O)n2C. The number of aliphatic hydroxyl groups excluding tert-OH is 1. The van der Waals surface area contributed by atoms with E-state index < -0.39 is 17.4 Å². The van der Waals surface area contributed by atoms with E-state index in [1.165, 1.54) is 16.2 Å². The number of para-hydroxylation sites is 1. The molecule has 0 spiro atoms. The number of aromatic nitrogens is 4. The Kier molecular flexibility index (Phi) is 4.84. The number of aromatic amines is 1. The summed E-state index contributed by atoms with van der Waals surface area (Å²) in [5.74, 6) is 0.687. The summed E-state index contributed by atoms with van der Waals surface area (Å²) < 4.78 is 9.74. The van der Waals surface area contributed by atoms with Gasteiger partial charge in [0.15, 0.2) is 10.3 Å². The van der Waals surface area contributed by atoms with Crippen LogP contribution < -0.4 is 16.0 Å². The van der Waals surface area contributed by atoms with E-state index in [-0.39, 0.29) is 23.4 Å². The van der Waals surface area contributed by atoms with Crippen LogP contribution >= 0.6 is 12.2 Å². The maximum atomic E-state index is 12.5. The zero-order chi connectivity index (χ0) is 19.0. The van der Waals surface area contributed by atoms with E-state index >= 15 is 0 Å². The Morgan fingerprint density at radius 2 is 1.92 bits per heavy atom. The first-order chi connectivity index (χ1) is 12.3. The largest absolute Gasteiger partial charge is 0.491 e. The lowest BCUT2D eigenvalue weighted by Gasteiger charge is -2.15. The number of nitrogens with zero attached hydrogens (tertiary/aromatic N) is 3. The molecule has 0 fully saturated rings. The number of aryl methyl sites for hydroxylation is 2. The van der Waals surface area contributed by atoms with Crippen molar-refractivity contribution in [2.45, 2.75) is 19.6 Å². The predicted octanol–water partition coefficient (Wildman–Crippen LogP) is 0.845. The summed E-state index contributed by atoms with van der Waals surface area (Å²) in [6, 6.07) is 7.51. The molecule has 0 radical (unpaired) electrons. The highest BCUT2D eigenvalue weighted by atomic mass is 32.1. The van der Waals surface area contributed by atoms with E-state index in [1.807, 2.05) is 31.2 Å². The molecular weight excluding hydrogens is 356 g/mol. The molecule has 1 aromatic carbocycles. The molecule has 0 saturated heterocycles. The quantitative estimate of drug-likeness (QED) is 0.644. The van der Waals surface area contributed by atoms with Gasteiger partial charge in [0.1, 0.15) is 24.1 Å². The third-order valence-electron chi connectivity index (χ3n) is 4.30. The summed E-state index contributed by atoms with van der Waals surface area (Å²) in [5.41, 5.74) is 0.619. The van der Waals surface area contributed by atoms with Crippen LogP contribution in [-0.2, 0) is 20.6 Å². The number of aliphatic hydroxyl groups is 1. The van der Waals surface area contributed by atoms with E-state index in [0.29, 0.717) is 11.4 Å². The molecule has 2 heterocycles. The van der Waals surface area contributed by atoms with Gasteiger partial charge in [-0.3, -0.25) is 13.9 Å². The summed E-state index contributed by atoms with van der Waals surface area (Å²) in [5, 5.41) is 10.4. The molecule has 3 rings (SSSR count). The van der Waals surface area contributed by atoms with Crippen molar-refractivity contribution in [3.05, 3.63) is 55.4 Å². The average molecular weight is 376 g/mol. The first-order valence-corrected chi connectivity index (χ1v) is 8.47. The van der Waals surface area contributed by atoms with E-state index in [0.717, 1.165) is 10.1 Å². The molecule has 2 aromatic heterocycles. The van der Waals surface area contributed by atoms with Gasteiger partial charge in [-0.1, -0.05) is 18.2 Å². The van der Waals surface area contributed by atoms with Crippen molar-refractivity contribution >= 4 is 23.4 Å². The van der Waals surface area contributed by atoms with E-state index in [2.05, 4.69) is 4.98 Å². The van der Waals surface area contributed by atoms with Gasteiger partial charge in [-0.25, -0.2) is 4.79 Å². The molecular formula is C17H20N4O4S. The van der Waals surface area contributed by atoms with Crippen molar-refractivity contribution in [3.8, 4) is 5.75 Å². The Morgan fingerprint density at radius 3 is 2.62 bits per heavy atom. The van der Waals surface area contributed by atoms with E-state index in [4.69, 9.17) is 17.0 Å². The first kappa shape index (κ1) is 18.2. The van der Waals surface area contributed by atoms with Crippen molar-refractivity contribution < 1.29 is 9.84 Å². The number of imidazole rings is 1. The van der Waals surface area contributed by atoms with Crippen LogP contribution in [0.3, 0.4) is 0 Å². The minimum Gasteiger partial charge on any atom is -0.491 e. The maximum absolute atomic E-state index is 12.5. The topological polar surface area (TPSA) is 94.2 Å². The van der Waals surface area contributed by atoms with Gasteiger partial charge < -0.3 is 19.4 Å². The average Bonchev–Trinajstić information content (AvgIpc) is 2.94. The maximum Gasteiger partial charge on any atom is 0.332 e. The third-order valence-corrected chi connectivity index (χ3v) is 4.62. The van der Waals surface area contributed by atoms with Gasteiger partial charge in [-0.15, -0.1) is 0 Å². The van der Waals surface area contributed by atoms with Gasteiger partial charge in [0.05, 0.1) is 6.54 Å². The number of hydrogen-bond acceptors (Lipinski definition) is 5. The first-order valence-electron chi connectivity index (χ1n) is 8.06. The van der Waals surface area contributed by atoms with E-state index in [9.17, 15) is 14.7 Å². The lowest BCUT2D eigenvalue weighted by Crippen LogP contribution is -2.38. The molecule has 0 aliphatic carbocycles. The minimum absolute atomic E-state index is 0.0470. The second kappa shape index (κ2) is 6.93. The summed E-state index contributed by atoms with van der Waals surface area (Å²) >= 11 is 5.27. The van der Waals surface area contributed by atoms with Gasteiger partial charge >= 0.3 is 5.69 Å². The number of ether oxygens (including phenoxy) is 1. The van der Waals surface area contributed by atoms with Crippen LogP contribution in [0.25, 0.3) is 11.2 Å². The number of benzene rings is 1. The number of fused-ring (bicyclic) bond motifs is 1. The fraction of sp³-hybridized carbons (Fsp3) is 0.353. The molecule has 138 valence electrons. The fourth-order valence-corrected chi connectivity index (χ4v) is 3.09. The second-order valence-corrected chi connectivity index (χ2v) is 6.56. The van der Waals surface area contributed by atoms with Gasteiger partial charge in [0.2, 0.25) is 0 Å². The lowest BCUT2D eigenvalue weighted by atomic mass is 10.2. The summed E-state index contributed by atoms with van der Waals surface area (Å²) in [4.78, 5) is 27.4. The highest BCUT2D eigenvalue weighted by Crippen LogP contribution is 2.16. The molecule has 0 saturated carbocycles. The van der Waals surface area contributed by atoms with Crippen LogP contribution in [0.5, 0.6) is 5.75 Å². The standard InChI is InChI=1S/C17H20N4O4S/c1-10-6-4-5-7-12(10)25-9-11(22)8-21-13-14(18-16(21)26)19(2)17(24)20(3)15(13)23/h4-7,11,22H,8-9H2,1-3H3,(H,18,26). The Balaban J connectivity index is 1.90. The molecule has 1 unspecified atom stereocenters. The molecule has 9 heteroatoms. The summed E-state index contributed by atoms with van der Waals surface area (Å²) in [6.07, 6.45) is -0.887. The Morgan fingerprint density at radius 1 is 1.23 bits per heavy atom. The molecule has 26 heavy (non-hydrogen) atoms. The van der Waals surface area contributed by atoms with Crippen molar-refractivity contribution in [1.82, 2.24) is 18.7 Å². The van der Waals surface area contributed by atoms with Crippen LogP contribution in [-0.4, -0.2) is 36.5 Å². The predicted molar refractivity (Wildman–Crippen MR) is 100 cm³/mol. The van der Waals surface area contributed by atoms with Gasteiger partial charge in [0.25, 0.3) is 5.56 Å². The number of H-pyrrole nitrogens is 1. The van der Waals surface area contributed by atoms with Gasteiger partial charge in [-0.2, -0.15) is 0 Å². The lowest BCUT2D eigenvalue weighted by molar-refractivity contribution is 0.0927. The zero-order valence-electron chi connectivity index (χ0n) is 14.7. The van der Waals surface area contributed by atoms with Crippen LogP contribution in [0.2, 0.25) is 0 Å². The molecule has 0 bridgehead atoms. The van der Waals surface area contributed by atoms with Crippen LogP contribution in [0.1, 0.15) is 5.56 Å². The molecule has 0 aliphatic heterocycles. The van der Waals surface area contributed by atoms with Crippen LogP contribution in [0, 0.1) is 11.7 Å². The Bertz CT molecular complexity index is 1140. The Hall–Kier alpha value is -2.65. The molecule has 1 atom stereocenters. The van der Waals surface area contributed by atoms with Crippen molar-refractivity contribution in [2.75, 3.05) is 6.61 Å². The normalized spacial score (nSPS) is 12.5. The fourth-order valence-electron chi connectivity index (χ4n) is 2.83. The van der Waals surface area contributed by atoms with Crippen molar-refractivity contribution in [2.24, 2.45) is 14.1 Å². The molecule has 0 amide bonds. The van der Waals surface area contributed by atoms with E-state index in [1.54, 1.807) is 7.05 Å². The molecule has 2 N–H and O–H groups in total. The highest BCUT2D eigenvalue weighted by Gasteiger charge is 2.17. The highest BCUT2D eigenvalue weighted by molar-refractivity contribution is 7.71.